The van der Waals surface area contributed by atoms with E-state index in [2.05, 4.69) is 46.3 Å². The van der Waals surface area contributed by atoms with Gasteiger partial charge in [0.15, 0.2) is 0 Å². The van der Waals surface area contributed by atoms with Crippen LogP contribution in [0.25, 0.3) is 0 Å². The van der Waals surface area contributed by atoms with E-state index in [9.17, 15) is 4.79 Å². The van der Waals surface area contributed by atoms with E-state index in [-0.39, 0.29) is 5.91 Å². The Bertz CT molecular complexity index is 810. The van der Waals surface area contributed by atoms with E-state index in [1.807, 2.05) is 24.3 Å². The maximum atomic E-state index is 12.6. The van der Waals surface area contributed by atoms with Crippen LogP contribution in [0, 0.1) is 0 Å². The zero-order valence-corrected chi connectivity index (χ0v) is 17.6. The lowest BCUT2D eigenvalue weighted by Crippen LogP contribution is -2.31. The molecule has 1 saturated carbocycles. The summed E-state index contributed by atoms with van der Waals surface area (Å²) in [6.07, 6.45) is 9.46. The number of benzene rings is 1. The molecule has 1 atom stereocenters. The van der Waals surface area contributed by atoms with Gasteiger partial charge in [-0.3, -0.25) is 4.79 Å². The standard InChI is InChI=1S/C24H32N4O/c1-27(2)22-14-15-28(17-22)23-13-12-21(16-25-23)26-24(29)20-10-8-19(9-11-20)18-6-4-3-5-7-18/h8-13,16,18,22H,3-7,14-15,17H2,1-2H3,(H,26,29). The summed E-state index contributed by atoms with van der Waals surface area (Å²) < 4.78 is 0. The molecule has 1 aliphatic carbocycles. The minimum atomic E-state index is -0.0800. The first kappa shape index (κ1) is 19.9. The number of anilines is 2. The van der Waals surface area contributed by atoms with Gasteiger partial charge in [0.25, 0.3) is 5.91 Å². The SMILES string of the molecule is CN(C)C1CCN(c2ccc(NC(=O)c3ccc(C4CCCCC4)cc3)cn2)C1. The van der Waals surface area contributed by atoms with Gasteiger partial charge in [-0.05, 0) is 69.1 Å². The summed E-state index contributed by atoms with van der Waals surface area (Å²) in [6, 6.07) is 12.7. The Morgan fingerprint density at radius 2 is 1.79 bits per heavy atom. The van der Waals surface area contributed by atoms with Crippen molar-refractivity contribution in [1.29, 1.82) is 0 Å². The van der Waals surface area contributed by atoms with E-state index in [4.69, 9.17) is 0 Å². The zero-order valence-electron chi connectivity index (χ0n) is 17.6. The lowest BCUT2D eigenvalue weighted by atomic mass is 9.84. The second-order valence-corrected chi connectivity index (χ2v) is 8.67. The van der Waals surface area contributed by atoms with E-state index < -0.39 is 0 Å². The highest BCUT2D eigenvalue weighted by Gasteiger charge is 2.24. The third-order valence-electron chi connectivity index (χ3n) is 6.47. The minimum Gasteiger partial charge on any atom is -0.355 e. The molecule has 1 saturated heterocycles. The van der Waals surface area contributed by atoms with Crippen molar-refractivity contribution in [2.24, 2.45) is 0 Å². The number of pyridine rings is 1. The fourth-order valence-electron chi connectivity index (χ4n) is 4.56. The maximum absolute atomic E-state index is 12.6. The first-order valence-electron chi connectivity index (χ1n) is 10.9. The highest BCUT2D eigenvalue weighted by Crippen LogP contribution is 2.32. The van der Waals surface area contributed by atoms with Gasteiger partial charge in [0.1, 0.15) is 5.82 Å². The first-order valence-corrected chi connectivity index (χ1v) is 10.9. The number of aromatic nitrogens is 1. The Morgan fingerprint density at radius 3 is 2.41 bits per heavy atom. The number of carbonyl (C=O) groups excluding carboxylic acids is 1. The average molecular weight is 393 g/mol. The van der Waals surface area contributed by atoms with Gasteiger partial charge >= 0.3 is 0 Å². The van der Waals surface area contributed by atoms with Crippen LogP contribution >= 0.6 is 0 Å². The van der Waals surface area contributed by atoms with E-state index in [0.717, 1.165) is 31.0 Å². The van der Waals surface area contributed by atoms with Crippen LogP contribution in [-0.2, 0) is 0 Å². The Kier molecular flexibility index (Phi) is 6.14. The first-order chi connectivity index (χ1) is 14.1. The van der Waals surface area contributed by atoms with Crippen molar-refractivity contribution in [2.45, 2.75) is 50.5 Å². The number of rotatable bonds is 5. The molecule has 1 unspecified atom stereocenters. The van der Waals surface area contributed by atoms with E-state index in [1.165, 1.54) is 37.7 Å². The third kappa shape index (κ3) is 4.78. The lowest BCUT2D eigenvalue weighted by molar-refractivity contribution is 0.102. The highest BCUT2D eigenvalue weighted by atomic mass is 16.1. The van der Waals surface area contributed by atoms with Crippen LogP contribution in [0.2, 0.25) is 0 Å². The van der Waals surface area contributed by atoms with E-state index >= 15 is 0 Å². The smallest absolute Gasteiger partial charge is 0.255 e. The molecule has 1 N–H and O–H groups in total. The molecule has 1 aromatic carbocycles. The van der Waals surface area contributed by atoms with Crippen LogP contribution < -0.4 is 10.2 Å². The zero-order chi connectivity index (χ0) is 20.2. The van der Waals surface area contributed by atoms with Gasteiger partial charge in [-0.25, -0.2) is 4.98 Å². The van der Waals surface area contributed by atoms with Crippen molar-refractivity contribution in [3.05, 3.63) is 53.7 Å². The molecule has 154 valence electrons. The molecule has 29 heavy (non-hydrogen) atoms. The topological polar surface area (TPSA) is 48.5 Å². The fraction of sp³-hybridized carbons (Fsp3) is 0.500. The molecule has 2 aromatic rings. The van der Waals surface area contributed by atoms with Crippen molar-refractivity contribution in [2.75, 3.05) is 37.4 Å². The minimum absolute atomic E-state index is 0.0800. The second kappa shape index (κ2) is 8.95. The monoisotopic (exact) mass is 392 g/mol. The van der Waals surface area contributed by atoms with Crippen LogP contribution in [-0.4, -0.2) is 49.0 Å². The number of likely N-dealkylation sites (N-methyl/N-ethyl adjacent to an activating group) is 1. The predicted molar refractivity (Wildman–Crippen MR) is 119 cm³/mol. The van der Waals surface area contributed by atoms with Crippen LogP contribution in [0.5, 0.6) is 0 Å². The summed E-state index contributed by atoms with van der Waals surface area (Å²) in [5.41, 5.74) is 2.80. The second-order valence-electron chi connectivity index (χ2n) is 8.67. The Morgan fingerprint density at radius 1 is 1.03 bits per heavy atom. The molecule has 2 fully saturated rings. The van der Waals surface area contributed by atoms with Crippen LogP contribution in [0.3, 0.4) is 0 Å². The lowest BCUT2D eigenvalue weighted by Gasteiger charge is -2.22. The van der Waals surface area contributed by atoms with Gasteiger partial charge in [-0.1, -0.05) is 31.4 Å². The van der Waals surface area contributed by atoms with Crippen LogP contribution in [0.4, 0.5) is 11.5 Å². The van der Waals surface area contributed by atoms with Crippen molar-refractivity contribution in [3.63, 3.8) is 0 Å². The molecule has 1 amide bonds. The van der Waals surface area contributed by atoms with Gasteiger partial charge < -0.3 is 15.1 Å². The summed E-state index contributed by atoms with van der Waals surface area (Å²) in [5, 5.41) is 2.97. The summed E-state index contributed by atoms with van der Waals surface area (Å²) in [5.74, 6) is 1.56. The summed E-state index contributed by atoms with van der Waals surface area (Å²) >= 11 is 0. The molecular weight excluding hydrogens is 360 g/mol. The van der Waals surface area contributed by atoms with E-state index in [0.29, 0.717) is 17.5 Å². The number of nitrogens with zero attached hydrogens (tertiary/aromatic N) is 3. The molecule has 2 heterocycles. The molecule has 5 nitrogen and oxygen atoms in total. The van der Waals surface area contributed by atoms with Gasteiger partial charge in [0.2, 0.25) is 0 Å². The molecule has 0 bridgehead atoms. The molecule has 0 radical (unpaired) electrons. The number of hydrogen-bond acceptors (Lipinski definition) is 4. The summed E-state index contributed by atoms with van der Waals surface area (Å²) in [4.78, 5) is 21.8. The molecule has 5 heteroatoms. The predicted octanol–water partition coefficient (Wildman–Crippen LogP) is 4.52. The molecule has 1 aromatic heterocycles. The molecule has 0 spiro atoms. The Labute approximate surface area is 174 Å². The van der Waals surface area contributed by atoms with Gasteiger partial charge in [0.05, 0.1) is 11.9 Å². The molecule has 2 aliphatic rings. The Balaban J connectivity index is 1.35. The molecule has 1 aliphatic heterocycles. The van der Waals surface area contributed by atoms with E-state index in [1.54, 1.807) is 6.20 Å². The number of amides is 1. The third-order valence-corrected chi connectivity index (χ3v) is 6.47. The molecular formula is C24H32N4O. The number of nitrogens with one attached hydrogen (secondary N) is 1. The largest absolute Gasteiger partial charge is 0.355 e. The van der Waals surface area contributed by atoms with Crippen molar-refractivity contribution in [3.8, 4) is 0 Å². The van der Waals surface area contributed by atoms with Gasteiger partial charge in [-0.15, -0.1) is 0 Å². The number of carbonyl (C=O) groups is 1. The van der Waals surface area contributed by atoms with Crippen molar-refractivity contribution in [1.82, 2.24) is 9.88 Å². The maximum Gasteiger partial charge on any atom is 0.255 e. The quantitative estimate of drug-likeness (QED) is 0.813. The Hall–Kier alpha value is -2.40. The van der Waals surface area contributed by atoms with Gasteiger partial charge in [-0.2, -0.15) is 0 Å². The van der Waals surface area contributed by atoms with Crippen LogP contribution in [0.1, 0.15) is 60.4 Å². The average Bonchev–Trinajstić information content (AvgIpc) is 3.26. The highest BCUT2D eigenvalue weighted by molar-refractivity contribution is 6.04. The number of hydrogen-bond donors (Lipinski definition) is 1. The molecule has 4 rings (SSSR count). The van der Waals surface area contributed by atoms with Crippen molar-refractivity contribution >= 4 is 17.4 Å². The van der Waals surface area contributed by atoms with Gasteiger partial charge in [0, 0.05) is 24.7 Å². The fourth-order valence-corrected chi connectivity index (χ4v) is 4.56. The van der Waals surface area contributed by atoms with Crippen LogP contribution in [0.15, 0.2) is 42.6 Å². The summed E-state index contributed by atoms with van der Waals surface area (Å²) in [6.45, 7) is 2.02. The van der Waals surface area contributed by atoms with Crippen molar-refractivity contribution < 1.29 is 4.79 Å². The normalized spacial score (nSPS) is 20.2. The summed E-state index contributed by atoms with van der Waals surface area (Å²) in [7, 11) is 4.25.